The van der Waals surface area contributed by atoms with Crippen LogP contribution in [0.15, 0.2) is 18.2 Å². The predicted octanol–water partition coefficient (Wildman–Crippen LogP) is 2.79. The molecule has 2 rings (SSSR count). The molecule has 1 unspecified atom stereocenters. The van der Waals surface area contributed by atoms with Gasteiger partial charge in [-0.05, 0) is 42.5 Å². The number of rotatable bonds is 7. The first-order chi connectivity index (χ1) is 8.81. The van der Waals surface area contributed by atoms with E-state index >= 15 is 0 Å². The lowest BCUT2D eigenvalue weighted by molar-refractivity contribution is 0.131. The Labute approximate surface area is 109 Å². The minimum absolute atomic E-state index is 0.372. The van der Waals surface area contributed by atoms with Gasteiger partial charge in [0.25, 0.3) is 0 Å². The molecular formula is C15H23NO2. The van der Waals surface area contributed by atoms with E-state index < -0.39 is 0 Å². The van der Waals surface area contributed by atoms with E-state index in [-0.39, 0.29) is 0 Å². The lowest BCUT2D eigenvalue weighted by atomic mass is 10.1. The van der Waals surface area contributed by atoms with Crippen molar-refractivity contribution in [3.8, 4) is 5.75 Å². The minimum Gasteiger partial charge on any atom is -0.508 e. The van der Waals surface area contributed by atoms with E-state index in [4.69, 9.17) is 4.74 Å². The standard InChI is InChI=1S/C15H23NO2/c1-2-3-9-18-10-8-16-15-7-4-12-11-13(17)5-6-14(12)15/h5-6,11,15-17H,2-4,7-10H2,1H3. The van der Waals surface area contributed by atoms with Gasteiger partial charge >= 0.3 is 0 Å². The number of benzene rings is 1. The maximum Gasteiger partial charge on any atom is 0.115 e. The quantitative estimate of drug-likeness (QED) is 0.730. The summed E-state index contributed by atoms with van der Waals surface area (Å²) in [6.07, 6.45) is 4.50. The topological polar surface area (TPSA) is 41.5 Å². The Hall–Kier alpha value is -1.06. The van der Waals surface area contributed by atoms with Gasteiger partial charge in [-0.1, -0.05) is 19.4 Å². The summed E-state index contributed by atoms with van der Waals surface area (Å²) < 4.78 is 5.54. The molecule has 18 heavy (non-hydrogen) atoms. The monoisotopic (exact) mass is 249 g/mol. The summed E-state index contributed by atoms with van der Waals surface area (Å²) in [7, 11) is 0. The maximum atomic E-state index is 9.44. The van der Waals surface area contributed by atoms with Crippen LogP contribution in [0.3, 0.4) is 0 Å². The molecule has 1 aliphatic rings. The second-order valence-electron chi connectivity index (χ2n) is 4.89. The number of ether oxygens (including phenoxy) is 1. The molecule has 0 fully saturated rings. The van der Waals surface area contributed by atoms with Gasteiger partial charge in [-0.25, -0.2) is 0 Å². The largest absolute Gasteiger partial charge is 0.508 e. The van der Waals surface area contributed by atoms with Gasteiger partial charge in [0.15, 0.2) is 0 Å². The van der Waals surface area contributed by atoms with Crippen LogP contribution in [0.4, 0.5) is 0 Å². The van der Waals surface area contributed by atoms with Crippen LogP contribution in [0, 0.1) is 0 Å². The molecule has 0 saturated heterocycles. The van der Waals surface area contributed by atoms with Crippen LogP contribution in [0.2, 0.25) is 0 Å². The molecule has 3 heteroatoms. The third-order valence-electron chi connectivity index (χ3n) is 3.48. The number of unbranched alkanes of at least 4 members (excludes halogenated alkanes) is 1. The van der Waals surface area contributed by atoms with Crippen molar-refractivity contribution < 1.29 is 9.84 Å². The first-order valence-corrected chi connectivity index (χ1v) is 6.94. The van der Waals surface area contributed by atoms with E-state index in [1.165, 1.54) is 17.5 Å². The first kappa shape index (κ1) is 13.4. The number of phenolic OH excluding ortho intramolecular Hbond substituents is 1. The Bertz CT molecular complexity index is 379. The van der Waals surface area contributed by atoms with Crippen molar-refractivity contribution in [1.82, 2.24) is 5.32 Å². The van der Waals surface area contributed by atoms with E-state index in [0.29, 0.717) is 11.8 Å². The third kappa shape index (κ3) is 3.47. The van der Waals surface area contributed by atoms with E-state index in [0.717, 1.165) is 39.0 Å². The van der Waals surface area contributed by atoms with Crippen LogP contribution in [0.5, 0.6) is 5.75 Å². The molecule has 1 aromatic rings. The second kappa shape index (κ2) is 6.76. The Kier molecular flexibility index (Phi) is 5.02. The molecule has 2 N–H and O–H groups in total. The molecule has 100 valence electrons. The summed E-state index contributed by atoms with van der Waals surface area (Å²) >= 11 is 0. The Morgan fingerprint density at radius 2 is 2.28 bits per heavy atom. The van der Waals surface area contributed by atoms with Gasteiger partial charge < -0.3 is 15.2 Å². The zero-order chi connectivity index (χ0) is 12.8. The highest BCUT2D eigenvalue weighted by Gasteiger charge is 2.21. The van der Waals surface area contributed by atoms with Crippen molar-refractivity contribution >= 4 is 0 Å². The minimum atomic E-state index is 0.372. The van der Waals surface area contributed by atoms with Gasteiger partial charge in [-0.3, -0.25) is 0 Å². The molecule has 0 saturated carbocycles. The van der Waals surface area contributed by atoms with E-state index in [9.17, 15) is 5.11 Å². The Morgan fingerprint density at radius 3 is 3.11 bits per heavy atom. The second-order valence-corrected chi connectivity index (χ2v) is 4.89. The molecule has 0 bridgehead atoms. The fraction of sp³-hybridized carbons (Fsp3) is 0.600. The highest BCUT2D eigenvalue weighted by atomic mass is 16.5. The van der Waals surface area contributed by atoms with Crippen molar-refractivity contribution in [2.24, 2.45) is 0 Å². The number of fused-ring (bicyclic) bond motifs is 1. The summed E-state index contributed by atoms with van der Waals surface area (Å²) in [6.45, 7) is 4.72. The van der Waals surface area contributed by atoms with Crippen molar-refractivity contribution in [2.45, 2.75) is 38.6 Å². The summed E-state index contributed by atoms with van der Waals surface area (Å²) in [4.78, 5) is 0. The molecule has 1 aromatic carbocycles. The van der Waals surface area contributed by atoms with E-state index in [2.05, 4.69) is 12.2 Å². The van der Waals surface area contributed by atoms with Crippen LogP contribution >= 0.6 is 0 Å². The number of aryl methyl sites for hydroxylation is 1. The molecule has 0 aromatic heterocycles. The third-order valence-corrected chi connectivity index (χ3v) is 3.48. The Balaban J connectivity index is 1.73. The molecule has 0 amide bonds. The predicted molar refractivity (Wildman–Crippen MR) is 72.9 cm³/mol. The first-order valence-electron chi connectivity index (χ1n) is 6.94. The zero-order valence-electron chi connectivity index (χ0n) is 11.1. The molecular weight excluding hydrogens is 226 g/mol. The maximum absolute atomic E-state index is 9.44. The number of nitrogens with one attached hydrogen (secondary N) is 1. The average molecular weight is 249 g/mol. The van der Waals surface area contributed by atoms with Gasteiger partial charge in [0.2, 0.25) is 0 Å². The smallest absolute Gasteiger partial charge is 0.115 e. The zero-order valence-corrected chi connectivity index (χ0v) is 11.1. The normalized spacial score (nSPS) is 17.9. The lowest BCUT2D eigenvalue weighted by Gasteiger charge is -2.14. The summed E-state index contributed by atoms with van der Waals surface area (Å²) in [5.74, 6) is 0.372. The number of phenols is 1. The van der Waals surface area contributed by atoms with Crippen LogP contribution in [-0.2, 0) is 11.2 Å². The summed E-state index contributed by atoms with van der Waals surface area (Å²) in [5.41, 5.74) is 2.61. The number of aromatic hydroxyl groups is 1. The van der Waals surface area contributed by atoms with Gasteiger partial charge in [-0.15, -0.1) is 0 Å². The van der Waals surface area contributed by atoms with Crippen molar-refractivity contribution in [3.63, 3.8) is 0 Å². The average Bonchev–Trinajstić information content (AvgIpc) is 2.76. The fourth-order valence-electron chi connectivity index (χ4n) is 2.47. The SMILES string of the molecule is CCCCOCCNC1CCc2cc(O)ccc21. The number of hydrogen-bond donors (Lipinski definition) is 2. The summed E-state index contributed by atoms with van der Waals surface area (Å²) in [6, 6.07) is 6.12. The van der Waals surface area contributed by atoms with Gasteiger partial charge in [0.05, 0.1) is 6.61 Å². The van der Waals surface area contributed by atoms with Crippen molar-refractivity contribution in [1.29, 1.82) is 0 Å². The van der Waals surface area contributed by atoms with Crippen molar-refractivity contribution in [2.75, 3.05) is 19.8 Å². The van der Waals surface area contributed by atoms with Crippen LogP contribution in [0.25, 0.3) is 0 Å². The number of hydrogen-bond acceptors (Lipinski definition) is 3. The highest BCUT2D eigenvalue weighted by Crippen LogP contribution is 2.32. The van der Waals surface area contributed by atoms with Crippen LogP contribution in [0.1, 0.15) is 43.4 Å². The molecule has 1 atom stereocenters. The van der Waals surface area contributed by atoms with Crippen molar-refractivity contribution in [3.05, 3.63) is 29.3 Å². The van der Waals surface area contributed by atoms with Crippen LogP contribution < -0.4 is 5.32 Å². The fourth-order valence-corrected chi connectivity index (χ4v) is 2.47. The molecule has 1 aliphatic carbocycles. The molecule has 0 spiro atoms. The molecule has 3 nitrogen and oxygen atoms in total. The Morgan fingerprint density at radius 1 is 1.39 bits per heavy atom. The highest BCUT2D eigenvalue weighted by molar-refractivity contribution is 5.39. The van der Waals surface area contributed by atoms with Gasteiger partial charge in [-0.2, -0.15) is 0 Å². The van der Waals surface area contributed by atoms with Gasteiger partial charge in [0.1, 0.15) is 5.75 Å². The van der Waals surface area contributed by atoms with E-state index in [1.807, 2.05) is 12.1 Å². The van der Waals surface area contributed by atoms with Crippen LogP contribution in [-0.4, -0.2) is 24.9 Å². The molecule has 0 heterocycles. The molecule has 0 aliphatic heterocycles. The molecule has 0 radical (unpaired) electrons. The van der Waals surface area contributed by atoms with E-state index in [1.54, 1.807) is 6.07 Å². The van der Waals surface area contributed by atoms with Gasteiger partial charge in [0, 0.05) is 19.2 Å². The summed E-state index contributed by atoms with van der Waals surface area (Å²) in [5, 5.41) is 13.0. The lowest BCUT2D eigenvalue weighted by Crippen LogP contribution is -2.23.